The van der Waals surface area contributed by atoms with Crippen molar-refractivity contribution in [3.8, 4) is 0 Å². The lowest BCUT2D eigenvalue weighted by atomic mass is 10.5. The van der Waals surface area contributed by atoms with Crippen LogP contribution in [0, 0.1) is 0 Å². The minimum atomic E-state index is 0.502. The van der Waals surface area contributed by atoms with E-state index in [1.807, 2.05) is 0 Å². The maximum atomic E-state index is 10.2. The summed E-state index contributed by atoms with van der Waals surface area (Å²) in [5, 5.41) is 9.11. The fourth-order valence-corrected chi connectivity index (χ4v) is 1.62. The van der Waals surface area contributed by atoms with Gasteiger partial charge in [-0.1, -0.05) is 11.3 Å². The predicted octanol–water partition coefficient (Wildman–Crippen LogP) is 1.23. The van der Waals surface area contributed by atoms with Crippen molar-refractivity contribution in [3.05, 3.63) is 10.0 Å². The van der Waals surface area contributed by atoms with Crippen LogP contribution in [-0.4, -0.2) is 16.5 Å². The molecule has 10 heavy (non-hydrogen) atoms. The number of hydrogen-bond acceptors (Lipinski definition) is 4. The van der Waals surface area contributed by atoms with E-state index < -0.39 is 0 Å². The Balaban J connectivity index is 2.26. The Morgan fingerprint density at radius 3 is 2.80 bits per heavy atom. The molecule has 0 bridgehead atoms. The molecule has 0 aliphatic heterocycles. The van der Waals surface area contributed by atoms with Gasteiger partial charge in [-0.25, -0.2) is 0 Å². The predicted molar refractivity (Wildman–Crippen MR) is 37.3 cm³/mol. The maximum absolute atomic E-state index is 10.2. The van der Waals surface area contributed by atoms with Crippen molar-refractivity contribution >= 4 is 17.6 Å². The van der Waals surface area contributed by atoms with E-state index in [9.17, 15) is 4.79 Å². The van der Waals surface area contributed by atoms with Crippen molar-refractivity contribution in [3.63, 3.8) is 0 Å². The molecule has 0 radical (unpaired) electrons. The van der Waals surface area contributed by atoms with E-state index in [0.29, 0.717) is 10.9 Å². The second-order valence-electron chi connectivity index (χ2n) is 2.37. The van der Waals surface area contributed by atoms with Crippen LogP contribution in [0.1, 0.15) is 33.6 Å². The molecule has 1 heterocycles. The summed E-state index contributed by atoms with van der Waals surface area (Å²) in [5.74, 6) is 0.617. The van der Waals surface area contributed by atoms with Crippen LogP contribution in [0.5, 0.6) is 0 Å². The van der Waals surface area contributed by atoms with Crippen molar-refractivity contribution < 1.29 is 4.79 Å². The van der Waals surface area contributed by atoms with Gasteiger partial charge in [-0.2, -0.15) is 0 Å². The Kier molecular flexibility index (Phi) is 1.27. The lowest BCUT2D eigenvalue weighted by Crippen LogP contribution is -1.76. The summed E-state index contributed by atoms with van der Waals surface area (Å²) >= 11 is 1.41. The van der Waals surface area contributed by atoms with Gasteiger partial charge in [0.05, 0.1) is 0 Å². The fourth-order valence-electron chi connectivity index (χ4n) is 0.789. The summed E-state index contributed by atoms with van der Waals surface area (Å²) in [6, 6.07) is 0. The molecule has 1 fully saturated rings. The largest absolute Gasteiger partial charge is 0.295 e. The van der Waals surface area contributed by atoms with Gasteiger partial charge in [-0.15, -0.1) is 10.2 Å². The van der Waals surface area contributed by atoms with Crippen LogP contribution >= 0.6 is 11.3 Å². The lowest BCUT2D eigenvalue weighted by Gasteiger charge is -1.78. The second-order valence-corrected chi connectivity index (χ2v) is 3.41. The van der Waals surface area contributed by atoms with Gasteiger partial charge < -0.3 is 0 Å². The highest BCUT2D eigenvalue weighted by atomic mass is 32.1. The standard InChI is InChI=1S/C6H6N2OS/c9-3-5-7-8-6(10-5)4-1-2-4/h3-4H,1-2H2. The first-order chi connectivity index (χ1) is 4.90. The average molecular weight is 154 g/mol. The number of rotatable bonds is 2. The quantitative estimate of drug-likeness (QED) is 0.602. The molecule has 0 atom stereocenters. The summed E-state index contributed by atoms with van der Waals surface area (Å²) in [4.78, 5) is 10.2. The SMILES string of the molecule is O=Cc1nnc(C2CC2)s1. The number of aldehydes is 1. The Morgan fingerprint density at radius 1 is 1.50 bits per heavy atom. The summed E-state index contributed by atoms with van der Waals surface area (Å²) in [7, 11) is 0. The average Bonchev–Trinajstić information content (AvgIpc) is 2.70. The molecule has 0 aromatic carbocycles. The van der Waals surface area contributed by atoms with Crippen molar-refractivity contribution in [2.75, 3.05) is 0 Å². The molecule has 1 saturated carbocycles. The van der Waals surface area contributed by atoms with Crippen LogP contribution in [0.2, 0.25) is 0 Å². The fraction of sp³-hybridized carbons (Fsp3) is 0.500. The minimum absolute atomic E-state index is 0.502. The van der Waals surface area contributed by atoms with Gasteiger partial charge in [0.15, 0.2) is 11.3 Å². The minimum Gasteiger partial charge on any atom is -0.295 e. The molecule has 3 nitrogen and oxygen atoms in total. The molecule has 0 unspecified atom stereocenters. The lowest BCUT2D eigenvalue weighted by molar-refractivity contribution is 0.112. The first kappa shape index (κ1) is 5.97. The van der Waals surface area contributed by atoms with Gasteiger partial charge in [0.1, 0.15) is 5.01 Å². The summed E-state index contributed by atoms with van der Waals surface area (Å²) in [6.45, 7) is 0. The van der Waals surface area contributed by atoms with Crippen molar-refractivity contribution in [2.24, 2.45) is 0 Å². The van der Waals surface area contributed by atoms with Crippen LogP contribution in [0.15, 0.2) is 0 Å². The molecular formula is C6H6N2OS. The first-order valence-corrected chi connectivity index (χ1v) is 4.00. The van der Waals surface area contributed by atoms with E-state index in [2.05, 4.69) is 10.2 Å². The number of hydrogen-bond donors (Lipinski definition) is 0. The number of carbonyl (C=O) groups is 1. The number of aromatic nitrogens is 2. The Hall–Kier alpha value is -0.770. The van der Waals surface area contributed by atoms with Crippen LogP contribution in [-0.2, 0) is 0 Å². The topological polar surface area (TPSA) is 42.9 Å². The summed E-state index contributed by atoms with van der Waals surface area (Å²) < 4.78 is 0. The number of nitrogens with zero attached hydrogens (tertiary/aromatic N) is 2. The second kappa shape index (κ2) is 2.12. The van der Waals surface area contributed by atoms with Crippen LogP contribution in [0.25, 0.3) is 0 Å². The van der Waals surface area contributed by atoms with E-state index >= 15 is 0 Å². The molecular weight excluding hydrogens is 148 g/mol. The van der Waals surface area contributed by atoms with Gasteiger partial charge in [0.2, 0.25) is 0 Å². The highest BCUT2D eigenvalue weighted by Gasteiger charge is 2.27. The zero-order valence-electron chi connectivity index (χ0n) is 5.28. The van der Waals surface area contributed by atoms with Crippen LogP contribution < -0.4 is 0 Å². The van der Waals surface area contributed by atoms with Crippen LogP contribution in [0.4, 0.5) is 0 Å². The normalized spacial score (nSPS) is 17.2. The summed E-state index contributed by atoms with van der Waals surface area (Å²) in [6.07, 6.45) is 3.19. The van der Waals surface area contributed by atoms with Crippen molar-refractivity contribution in [2.45, 2.75) is 18.8 Å². The molecule has 0 spiro atoms. The van der Waals surface area contributed by atoms with Gasteiger partial charge in [0.25, 0.3) is 0 Å². The Bertz CT molecular complexity index is 254. The molecule has 1 aliphatic rings. The van der Waals surface area contributed by atoms with E-state index in [4.69, 9.17) is 0 Å². The molecule has 0 N–H and O–H groups in total. The number of carbonyl (C=O) groups excluding carboxylic acids is 1. The van der Waals surface area contributed by atoms with E-state index in [1.165, 1.54) is 24.2 Å². The molecule has 52 valence electrons. The molecule has 0 saturated heterocycles. The highest BCUT2D eigenvalue weighted by Crippen LogP contribution is 2.40. The third-order valence-electron chi connectivity index (χ3n) is 1.48. The smallest absolute Gasteiger partial charge is 0.180 e. The highest BCUT2D eigenvalue weighted by molar-refractivity contribution is 7.13. The van der Waals surface area contributed by atoms with Crippen molar-refractivity contribution in [1.29, 1.82) is 0 Å². The molecule has 1 aromatic rings. The molecule has 1 aliphatic carbocycles. The molecule has 0 amide bonds. The maximum Gasteiger partial charge on any atom is 0.180 e. The van der Waals surface area contributed by atoms with E-state index in [1.54, 1.807) is 0 Å². The van der Waals surface area contributed by atoms with E-state index in [-0.39, 0.29) is 0 Å². The zero-order chi connectivity index (χ0) is 6.97. The Labute approximate surface area is 62.1 Å². The van der Waals surface area contributed by atoms with Crippen LogP contribution in [0.3, 0.4) is 0 Å². The summed E-state index contributed by atoms with van der Waals surface area (Å²) in [5.41, 5.74) is 0. The first-order valence-electron chi connectivity index (χ1n) is 3.19. The van der Waals surface area contributed by atoms with Gasteiger partial charge >= 0.3 is 0 Å². The van der Waals surface area contributed by atoms with Gasteiger partial charge in [-0.05, 0) is 12.8 Å². The Morgan fingerprint density at radius 2 is 2.30 bits per heavy atom. The monoisotopic (exact) mass is 154 g/mol. The van der Waals surface area contributed by atoms with Gasteiger partial charge in [-0.3, -0.25) is 4.79 Å². The van der Waals surface area contributed by atoms with Gasteiger partial charge in [0, 0.05) is 5.92 Å². The molecule has 4 heteroatoms. The third-order valence-corrected chi connectivity index (χ3v) is 2.49. The molecule has 1 aromatic heterocycles. The van der Waals surface area contributed by atoms with Crippen molar-refractivity contribution in [1.82, 2.24) is 10.2 Å². The third kappa shape index (κ3) is 0.945. The van der Waals surface area contributed by atoms with E-state index in [0.717, 1.165) is 11.3 Å². The molecule has 2 rings (SSSR count). The zero-order valence-corrected chi connectivity index (χ0v) is 6.10.